The smallest absolute Gasteiger partial charge is 0.0193 e. The molecule has 1 saturated heterocycles. The Morgan fingerprint density at radius 2 is 2.06 bits per heavy atom. The second-order valence-electron chi connectivity index (χ2n) is 5.87. The lowest BCUT2D eigenvalue weighted by molar-refractivity contribution is 0.0237. The van der Waals surface area contributed by atoms with Crippen molar-refractivity contribution in [1.29, 1.82) is 0 Å². The van der Waals surface area contributed by atoms with E-state index in [-0.39, 0.29) is 0 Å². The summed E-state index contributed by atoms with van der Waals surface area (Å²) in [7, 11) is 4.29. The van der Waals surface area contributed by atoms with Crippen LogP contribution in [0.4, 0.5) is 0 Å². The van der Waals surface area contributed by atoms with Crippen LogP contribution in [0.25, 0.3) is 0 Å². The highest BCUT2D eigenvalue weighted by atomic mass is 15.2. The van der Waals surface area contributed by atoms with Crippen molar-refractivity contribution in [3.8, 4) is 0 Å². The Labute approximate surface area is 101 Å². The molecule has 1 aliphatic heterocycles. The maximum absolute atomic E-state index is 5.88. The average Bonchev–Trinajstić information content (AvgIpc) is 2.19. The van der Waals surface area contributed by atoms with Gasteiger partial charge in [-0.15, -0.1) is 0 Å². The summed E-state index contributed by atoms with van der Waals surface area (Å²) in [6.07, 6.45) is 3.87. The van der Waals surface area contributed by atoms with Gasteiger partial charge < -0.3 is 10.6 Å². The lowest BCUT2D eigenvalue weighted by Crippen LogP contribution is -2.55. The van der Waals surface area contributed by atoms with E-state index in [1.54, 1.807) is 0 Å². The van der Waals surface area contributed by atoms with Crippen molar-refractivity contribution in [1.82, 2.24) is 9.80 Å². The van der Waals surface area contributed by atoms with Crippen LogP contribution >= 0.6 is 0 Å². The molecule has 0 bridgehead atoms. The second kappa shape index (κ2) is 5.99. The molecule has 2 N–H and O–H groups in total. The van der Waals surface area contributed by atoms with Crippen LogP contribution < -0.4 is 5.73 Å². The number of nitrogens with zero attached hydrogens (tertiary/aromatic N) is 2. The minimum atomic E-state index is 0.291. The first kappa shape index (κ1) is 13.9. The molecule has 1 aliphatic rings. The number of hydrogen-bond acceptors (Lipinski definition) is 3. The Balaban J connectivity index is 2.45. The van der Waals surface area contributed by atoms with Crippen molar-refractivity contribution in [2.45, 2.75) is 38.6 Å². The van der Waals surface area contributed by atoms with Gasteiger partial charge in [-0.05, 0) is 79.3 Å². The largest absolute Gasteiger partial charge is 0.330 e. The van der Waals surface area contributed by atoms with Gasteiger partial charge in [-0.2, -0.15) is 0 Å². The zero-order valence-electron chi connectivity index (χ0n) is 11.5. The van der Waals surface area contributed by atoms with Gasteiger partial charge in [0.2, 0.25) is 0 Å². The fourth-order valence-corrected chi connectivity index (χ4v) is 2.81. The molecule has 0 spiro atoms. The fourth-order valence-electron chi connectivity index (χ4n) is 2.81. The summed E-state index contributed by atoms with van der Waals surface area (Å²) < 4.78 is 0. The SMILES string of the molecule is CN(C)CCCN1CCCC(CN)C1(C)C. The van der Waals surface area contributed by atoms with Crippen LogP contribution in [0.2, 0.25) is 0 Å². The van der Waals surface area contributed by atoms with Crippen molar-refractivity contribution in [3.05, 3.63) is 0 Å². The Morgan fingerprint density at radius 3 is 2.62 bits per heavy atom. The molecule has 0 aromatic carbocycles. The van der Waals surface area contributed by atoms with Gasteiger partial charge in [0.05, 0.1) is 0 Å². The molecule has 1 heterocycles. The molecule has 1 fully saturated rings. The third kappa shape index (κ3) is 3.44. The summed E-state index contributed by atoms with van der Waals surface area (Å²) in [5.41, 5.74) is 6.17. The number of rotatable bonds is 5. The van der Waals surface area contributed by atoms with Gasteiger partial charge in [-0.1, -0.05) is 0 Å². The molecule has 96 valence electrons. The molecule has 0 aromatic heterocycles. The lowest BCUT2D eigenvalue weighted by atomic mass is 9.79. The van der Waals surface area contributed by atoms with Crippen LogP contribution in [0.3, 0.4) is 0 Å². The normalized spacial score (nSPS) is 26.2. The number of piperidine rings is 1. The summed E-state index contributed by atoms with van der Waals surface area (Å²) >= 11 is 0. The van der Waals surface area contributed by atoms with E-state index in [1.807, 2.05) is 0 Å². The Hall–Kier alpha value is -0.120. The van der Waals surface area contributed by atoms with Crippen molar-refractivity contribution in [2.75, 3.05) is 40.3 Å². The molecule has 1 unspecified atom stereocenters. The quantitative estimate of drug-likeness (QED) is 0.770. The molecule has 3 heteroatoms. The van der Waals surface area contributed by atoms with Crippen LogP contribution in [-0.4, -0.2) is 55.6 Å². The van der Waals surface area contributed by atoms with Crippen molar-refractivity contribution in [2.24, 2.45) is 11.7 Å². The predicted molar refractivity (Wildman–Crippen MR) is 70.6 cm³/mol. The summed E-state index contributed by atoms with van der Waals surface area (Å²) in [6.45, 7) is 9.19. The highest BCUT2D eigenvalue weighted by Gasteiger charge is 2.36. The minimum Gasteiger partial charge on any atom is -0.330 e. The van der Waals surface area contributed by atoms with E-state index < -0.39 is 0 Å². The van der Waals surface area contributed by atoms with E-state index >= 15 is 0 Å². The van der Waals surface area contributed by atoms with Crippen LogP contribution in [0.1, 0.15) is 33.1 Å². The van der Waals surface area contributed by atoms with Gasteiger partial charge in [0.1, 0.15) is 0 Å². The third-order valence-electron chi connectivity index (χ3n) is 4.11. The molecule has 0 aromatic rings. The van der Waals surface area contributed by atoms with Gasteiger partial charge in [-0.25, -0.2) is 0 Å². The molecule has 0 saturated carbocycles. The number of hydrogen-bond donors (Lipinski definition) is 1. The summed E-state index contributed by atoms with van der Waals surface area (Å²) in [5, 5.41) is 0. The minimum absolute atomic E-state index is 0.291. The van der Waals surface area contributed by atoms with Crippen molar-refractivity contribution in [3.63, 3.8) is 0 Å². The lowest BCUT2D eigenvalue weighted by Gasteiger charge is -2.48. The van der Waals surface area contributed by atoms with E-state index in [9.17, 15) is 0 Å². The highest BCUT2D eigenvalue weighted by molar-refractivity contribution is 4.92. The van der Waals surface area contributed by atoms with Crippen LogP contribution in [0.5, 0.6) is 0 Å². The third-order valence-corrected chi connectivity index (χ3v) is 4.11. The summed E-state index contributed by atoms with van der Waals surface area (Å²) in [6, 6.07) is 0. The molecule has 16 heavy (non-hydrogen) atoms. The zero-order chi connectivity index (χ0) is 12.2. The molecule has 1 atom stereocenters. The maximum Gasteiger partial charge on any atom is 0.0193 e. The van der Waals surface area contributed by atoms with Crippen LogP contribution in [-0.2, 0) is 0 Å². The van der Waals surface area contributed by atoms with Crippen molar-refractivity contribution < 1.29 is 0 Å². The summed E-state index contributed by atoms with van der Waals surface area (Å²) in [5.74, 6) is 0.667. The zero-order valence-corrected chi connectivity index (χ0v) is 11.5. The van der Waals surface area contributed by atoms with Crippen LogP contribution in [0, 0.1) is 5.92 Å². The van der Waals surface area contributed by atoms with E-state index in [0.717, 1.165) is 6.54 Å². The van der Waals surface area contributed by atoms with E-state index in [0.29, 0.717) is 11.5 Å². The van der Waals surface area contributed by atoms with Gasteiger partial charge in [0.25, 0.3) is 0 Å². The molecule has 0 radical (unpaired) electrons. The molecule has 0 aliphatic carbocycles. The molecule has 0 amide bonds. The molecule has 1 rings (SSSR count). The first-order valence-corrected chi connectivity index (χ1v) is 6.58. The van der Waals surface area contributed by atoms with E-state index in [2.05, 4.69) is 37.7 Å². The number of likely N-dealkylation sites (tertiary alicyclic amines) is 1. The van der Waals surface area contributed by atoms with Gasteiger partial charge in [0.15, 0.2) is 0 Å². The molecule has 3 nitrogen and oxygen atoms in total. The van der Waals surface area contributed by atoms with Gasteiger partial charge in [-0.3, -0.25) is 4.90 Å². The van der Waals surface area contributed by atoms with Crippen molar-refractivity contribution >= 4 is 0 Å². The van der Waals surface area contributed by atoms with Gasteiger partial charge in [0, 0.05) is 5.54 Å². The molecular formula is C13H29N3. The second-order valence-corrected chi connectivity index (χ2v) is 5.87. The highest BCUT2D eigenvalue weighted by Crippen LogP contribution is 2.32. The topological polar surface area (TPSA) is 32.5 Å². The van der Waals surface area contributed by atoms with Crippen LogP contribution in [0.15, 0.2) is 0 Å². The Bertz CT molecular complexity index is 201. The van der Waals surface area contributed by atoms with Gasteiger partial charge >= 0.3 is 0 Å². The molecular weight excluding hydrogens is 198 g/mol. The first-order chi connectivity index (χ1) is 7.48. The standard InChI is InChI=1S/C13H29N3/c1-13(2)12(11-14)7-5-9-16(13)10-6-8-15(3)4/h12H,5-11,14H2,1-4H3. The number of nitrogens with two attached hydrogens (primary N) is 1. The maximum atomic E-state index is 5.88. The Morgan fingerprint density at radius 1 is 1.38 bits per heavy atom. The van der Waals surface area contributed by atoms with E-state index in [4.69, 9.17) is 5.73 Å². The summed E-state index contributed by atoms with van der Waals surface area (Å²) in [4.78, 5) is 4.90. The predicted octanol–water partition coefficient (Wildman–Crippen LogP) is 1.39. The fraction of sp³-hybridized carbons (Fsp3) is 1.00. The average molecular weight is 227 g/mol. The Kier molecular flexibility index (Phi) is 5.22. The van der Waals surface area contributed by atoms with E-state index in [1.165, 1.54) is 38.9 Å². The first-order valence-electron chi connectivity index (χ1n) is 6.58. The monoisotopic (exact) mass is 227 g/mol.